The third-order valence-electron chi connectivity index (χ3n) is 4.68. The Morgan fingerprint density at radius 3 is 3.00 bits per heavy atom. The first-order chi connectivity index (χ1) is 14.0. The van der Waals surface area contributed by atoms with Crippen LogP contribution in [0.1, 0.15) is 11.3 Å². The Bertz CT molecular complexity index is 826. The van der Waals surface area contributed by atoms with Gasteiger partial charge in [-0.05, 0) is 36.4 Å². The number of rotatable bonds is 7. The number of halogens is 1. The summed E-state index contributed by atoms with van der Waals surface area (Å²) in [7, 11) is 3.47. The summed E-state index contributed by atoms with van der Waals surface area (Å²) in [6, 6.07) is 8.07. The van der Waals surface area contributed by atoms with Crippen LogP contribution in [-0.4, -0.2) is 68.1 Å². The predicted octanol–water partition coefficient (Wildman–Crippen LogP) is 2.24. The average Bonchev–Trinajstić information content (AvgIpc) is 3.38. The SMILES string of the molecule is CN(C)C(=O)CN=C(NCCc1cccs1)NC1CCN(c2ncccc2Cl)C1. The van der Waals surface area contributed by atoms with E-state index in [2.05, 4.69) is 43.0 Å². The molecule has 1 aliphatic rings. The molecule has 1 atom stereocenters. The van der Waals surface area contributed by atoms with Crippen LogP contribution in [0.25, 0.3) is 0 Å². The molecule has 2 N–H and O–H groups in total. The van der Waals surface area contributed by atoms with Crippen molar-refractivity contribution in [1.82, 2.24) is 20.5 Å². The van der Waals surface area contributed by atoms with Crippen molar-refractivity contribution >= 4 is 40.6 Å². The van der Waals surface area contributed by atoms with Gasteiger partial charge in [-0.3, -0.25) is 4.79 Å². The number of carbonyl (C=O) groups excluding carboxylic acids is 1. The summed E-state index contributed by atoms with van der Waals surface area (Å²) in [5.41, 5.74) is 0. The van der Waals surface area contributed by atoms with E-state index in [0.29, 0.717) is 11.0 Å². The molecule has 0 radical (unpaired) electrons. The van der Waals surface area contributed by atoms with Crippen molar-refractivity contribution in [3.8, 4) is 0 Å². The quantitative estimate of drug-likeness (QED) is 0.516. The van der Waals surface area contributed by atoms with Crippen molar-refractivity contribution in [2.75, 3.05) is 45.2 Å². The minimum absolute atomic E-state index is 0.0299. The topological polar surface area (TPSA) is 72.9 Å². The molecule has 0 aliphatic carbocycles. The van der Waals surface area contributed by atoms with Gasteiger partial charge in [0.15, 0.2) is 5.96 Å². The molecule has 0 aromatic carbocycles. The van der Waals surface area contributed by atoms with Crippen molar-refractivity contribution in [3.63, 3.8) is 0 Å². The minimum atomic E-state index is -0.0299. The number of nitrogens with one attached hydrogen (secondary N) is 2. The monoisotopic (exact) mass is 434 g/mol. The van der Waals surface area contributed by atoms with Crippen LogP contribution in [-0.2, 0) is 11.2 Å². The zero-order valence-corrected chi connectivity index (χ0v) is 18.3. The van der Waals surface area contributed by atoms with E-state index in [1.807, 2.05) is 12.1 Å². The lowest BCUT2D eigenvalue weighted by Crippen LogP contribution is -2.45. The molecule has 2 aromatic heterocycles. The van der Waals surface area contributed by atoms with Crippen LogP contribution in [0.3, 0.4) is 0 Å². The molecular weight excluding hydrogens is 408 g/mol. The highest BCUT2D eigenvalue weighted by molar-refractivity contribution is 7.09. The number of hydrogen-bond acceptors (Lipinski definition) is 5. The zero-order valence-electron chi connectivity index (χ0n) is 16.8. The van der Waals surface area contributed by atoms with E-state index in [4.69, 9.17) is 11.6 Å². The van der Waals surface area contributed by atoms with Crippen LogP contribution >= 0.6 is 22.9 Å². The Kier molecular flexibility index (Phi) is 7.71. The van der Waals surface area contributed by atoms with E-state index in [1.165, 1.54) is 4.88 Å². The number of amides is 1. The molecule has 1 unspecified atom stereocenters. The molecule has 29 heavy (non-hydrogen) atoms. The van der Waals surface area contributed by atoms with Crippen molar-refractivity contribution in [2.24, 2.45) is 4.99 Å². The number of pyridine rings is 1. The van der Waals surface area contributed by atoms with Crippen molar-refractivity contribution in [2.45, 2.75) is 18.9 Å². The highest BCUT2D eigenvalue weighted by Crippen LogP contribution is 2.25. The first-order valence-electron chi connectivity index (χ1n) is 9.66. The van der Waals surface area contributed by atoms with Gasteiger partial charge in [-0.1, -0.05) is 17.7 Å². The molecule has 7 nitrogen and oxygen atoms in total. The highest BCUT2D eigenvalue weighted by Gasteiger charge is 2.25. The second kappa shape index (κ2) is 10.5. The van der Waals surface area contributed by atoms with E-state index < -0.39 is 0 Å². The van der Waals surface area contributed by atoms with E-state index in [0.717, 1.165) is 38.3 Å². The van der Waals surface area contributed by atoms with Crippen LogP contribution in [0.15, 0.2) is 40.8 Å². The third-order valence-corrected chi connectivity index (χ3v) is 5.91. The van der Waals surface area contributed by atoms with E-state index in [9.17, 15) is 4.79 Å². The van der Waals surface area contributed by atoms with Gasteiger partial charge < -0.3 is 20.4 Å². The molecule has 1 aliphatic heterocycles. The molecule has 1 amide bonds. The van der Waals surface area contributed by atoms with Crippen molar-refractivity contribution in [1.29, 1.82) is 0 Å². The fourth-order valence-corrected chi connectivity index (χ4v) is 4.02. The van der Waals surface area contributed by atoms with Crippen LogP contribution < -0.4 is 15.5 Å². The van der Waals surface area contributed by atoms with Gasteiger partial charge in [0.25, 0.3) is 0 Å². The maximum absolute atomic E-state index is 12.0. The van der Waals surface area contributed by atoms with Gasteiger partial charge in [-0.2, -0.15) is 0 Å². The summed E-state index contributed by atoms with van der Waals surface area (Å²) in [4.78, 5) is 25.9. The van der Waals surface area contributed by atoms with Crippen molar-refractivity contribution in [3.05, 3.63) is 45.7 Å². The fraction of sp³-hybridized carbons (Fsp3) is 0.450. The van der Waals surface area contributed by atoms with Gasteiger partial charge in [0.1, 0.15) is 12.4 Å². The first-order valence-corrected chi connectivity index (χ1v) is 10.9. The number of anilines is 1. The second-order valence-corrected chi connectivity index (χ2v) is 8.53. The summed E-state index contributed by atoms with van der Waals surface area (Å²) >= 11 is 8.03. The van der Waals surface area contributed by atoms with Gasteiger partial charge in [0.05, 0.1) is 5.02 Å². The fourth-order valence-electron chi connectivity index (χ4n) is 3.07. The number of aromatic nitrogens is 1. The first kappa shape index (κ1) is 21.4. The molecule has 3 rings (SSSR count). The molecule has 0 saturated carbocycles. The molecule has 3 heterocycles. The van der Waals surface area contributed by atoms with Crippen LogP contribution in [0.5, 0.6) is 0 Å². The molecule has 2 aromatic rings. The maximum Gasteiger partial charge on any atom is 0.243 e. The molecule has 9 heteroatoms. The highest BCUT2D eigenvalue weighted by atomic mass is 35.5. The number of likely N-dealkylation sites (N-methyl/N-ethyl adjacent to an activating group) is 1. The van der Waals surface area contributed by atoms with E-state index in [-0.39, 0.29) is 18.5 Å². The zero-order chi connectivity index (χ0) is 20.6. The predicted molar refractivity (Wildman–Crippen MR) is 120 cm³/mol. The number of nitrogens with zero attached hydrogens (tertiary/aromatic N) is 4. The molecule has 156 valence electrons. The van der Waals surface area contributed by atoms with Crippen LogP contribution in [0, 0.1) is 0 Å². The van der Waals surface area contributed by atoms with Gasteiger partial charge in [-0.15, -0.1) is 11.3 Å². The van der Waals surface area contributed by atoms with Gasteiger partial charge in [-0.25, -0.2) is 9.98 Å². The Morgan fingerprint density at radius 2 is 2.28 bits per heavy atom. The molecular formula is C20H27ClN6OS. The van der Waals surface area contributed by atoms with Gasteiger partial charge in [0.2, 0.25) is 5.91 Å². The van der Waals surface area contributed by atoms with Gasteiger partial charge >= 0.3 is 0 Å². The number of carbonyl (C=O) groups is 1. The van der Waals surface area contributed by atoms with Crippen LogP contribution in [0.4, 0.5) is 5.82 Å². The van der Waals surface area contributed by atoms with E-state index in [1.54, 1.807) is 36.5 Å². The largest absolute Gasteiger partial charge is 0.356 e. The molecule has 1 saturated heterocycles. The van der Waals surface area contributed by atoms with Gasteiger partial charge in [0, 0.05) is 50.8 Å². The average molecular weight is 435 g/mol. The lowest BCUT2D eigenvalue weighted by molar-refractivity contribution is -0.127. The smallest absolute Gasteiger partial charge is 0.243 e. The summed E-state index contributed by atoms with van der Waals surface area (Å²) in [5.74, 6) is 1.44. The summed E-state index contributed by atoms with van der Waals surface area (Å²) in [6.07, 6.45) is 3.62. The van der Waals surface area contributed by atoms with E-state index >= 15 is 0 Å². The number of aliphatic imine (C=N–C) groups is 1. The lowest BCUT2D eigenvalue weighted by atomic mass is 10.3. The number of hydrogen-bond donors (Lipinski definition) is 2. The molecule has 1 fully saturated rings. The summed E-state index contributed by atoms with van der Waals surface area (Å²) in [6.45, 7) is 2.52. The number of thiophene rings is 1. The maximum atomic E-state index is 12.0. The minimum Gasteiger partial charge on any atom is -0.356 e. The number of guanidine groups is 1. The third kappa shape index (κ3) is 6.33. The van der Waals surface area contributed by atoms with Crippen LogP contribution in [0.2, 0.25) is 5.02 Å². The molecule has 0 spiro atoms. The second-order valence-electron chi connectivity index (χ2n) is 7.09. The molecule has 0 bridgehead atoms. The normalized spacial score (nSPS) is 16.7. The Balaban J connectivity index is 1.58. The Labute approximate surface area is 180 Å². The lowest BCUT2D eigenvalue weighted by Gasteiger charge is -2.20. The Morgan fingerprint density at radius 1 is 1.41 bits per heavy atom. The summed E-state index contributed by atoms with van der Waals surface area (Å²) < 4.78 is 0. The Hall–Kier alpha value is -2.32. The van der Waals surface area contributed by atoms with Crippen molar-refractivity contribution < 1.29 is 4.79 Å². The summed E-state index contributed by atoms with van der Waals surface area (Å²) in [5, 5.41) is 9.57. The standard InChI is InChI=1S/C20H27ClN6OS/c1-26(2)18(28)13-24-20(23-10-7-16-5-4-12-29-16)25-15-8-11-27(14-15)19-17(21)6-3-9-22-19/h3-6,9,12,15H,7-8,10-11,13-14H2,1-2H3,(H2,23,24,25).